The smallest absolute Gasteiger partial charge is 0.309 e. The molecule has 3 aromatic rings. The second kappa shape index (κ2) is 8.69. The van der Waals surface area contributed by atoms with Gasteiger partial charge in [-0.1, -0.05) is 19.1 Å². The predicted octanol–water partition coefficient (Wildman–Crippen LogP) is 2.82. The van der Waals surface area contributed by atoms with Gasteiger partial charge in [0.2, 0.25) is 10.5 Å². The summed E-state index contributed by atoms with van der Waals surface area (Å²) in [6.45, 7) is 6.97. The molecule has 0 amide bonds. The number of fused-ring (bicyclic) bond motifs is 3. The number of nitrogens with zero attached hydrogens (tertiary/aromatic N) is 5. The van der Waals surface area contributed by atoms with Crippen LogP contribution in [0.1, 0.15) is 33.1 Å². The number of ether oxygens (including phenoxy) is 1. The SMILES string of the molecule is CCCn1c(=O)c2ccccc2n2c(=S)n(CN3CCC(C(=O)OCC)CC3)nc12. The molecule has 2 aromatic heterocycles. The van der Waals surface area contributed by atoms with E-state index in [2.05, 4.69) is 4.90 Å². The monoisotopic (exact) mass is 429 g/mol. The van der Waals surface area contributed by atoms with Crippen LogP contribution < -0.4 is 5.56 Å². The first kappa shape index (κ1) is 20.7. The zero-order valence-corrected chi connectivity index (χ0v) is 18.2. The van der Waals surface area contributed by atoms with E-state index < -0.39 is 0 Å². The number of hydrogen-bond acceptors (Lipinski definition) is 6. The number of benzene rings is 1. The lowest BCUT2D eigenvalue weighted by Crippen LogP contribution is -2.38. The number of aromatic nitrogens is 4. The van der Waals surface area contributed by atoms with Gasteiger partial charge in [-0.2, -0.15) is 0 Å². The minimum absolute atomic E-state index is 0.0334. The summed E-state index contributed by atoms with van der Waals surface area (Å²) in [4.78, 5) is 27.2. The van der Waals surface area contributed by atoms with Crippen molar-refractivity contribution in [3.63, 3.8) is 0 Å². The first-order valence-electron chi connectivity index (χ1n) is 10.5. The van der Waals surface area contributed by atoms with Gasteiger partial charge in [0.05, 0.1) is 30.1 Å². The quantitative estimate of drug-likeness (QED) is 0.443. The van der Waals surface area contributed by atoms with Gasteiger partial charge in [-0.15, -0.1) is 5.10 Å². The van der Waals surface area contributed by atoms with Gasteiger partial charge in [0.1, 0.15) is 0 Å². The Bertz CT molecular complexity index is 1190. The molecule has 3 heterocycles. The number of piperidine rings is 1. The Morgan fingerprint density at radius 2 is 1.97 bits per heavy atom. The maximum atomic E-state index is 13.0. The van der Waals surface area contributed by atoms with E-state index in [0.29, 0.717) is 35.8 Å². The number of aryl methyl sites for hydroxylation is 1. The number of likely N-dealkylation sites (tertiary alicyclic amines) is 1. The van der Waals surface area contributed by atoms with Crippen LogP contribution in [0.2, 0.25) is 0 Å². The molecular weight excluding hydrogens is 402 g/mol. The predicted molar refractivity (Wildman–Crippen MR) is 117 cm³/mol. The van der Waals surface area contributed by atoms with Crippen molar-refractivity contribution < 1.29 is 9.53 Å². The molecule has 0 radical (unpaired) electrons. The largest absolute Gasteiger partial charge is 0.466 e. The van der Waals surface area contributed by atoms with Crippen LogP contribution in [0.15, 0.2) is 29.1 Å². The van der Waals surface area contributed by atoms with E-state index in [0.717, 1.165) is 37.9 Å². The van der Waals surface area contributed by atoms with Gasteiger partial charge in [0.15, 0.2) is 0 Å². The summed E-state index contributed by atoms with van der Waals surface area (Å²) in [7, 11) is 0. The van der Waals surface area contributed by atoms with Crippen LogP contribution in [0.25, 0.3) is 16.7 Å². The molecule has 1 saturated heterocycles. The maximum absolute atomic E-state index is 13.0. The Kier molecular flexibility index (Phi) is 6.01. The molecule has 1 aromatic carbocycles. The average molecular weight is 430 g/mol. The van der Waals surface area contributed by atoms with Crippen LogP contribution in [0, 0.1) is 10.7 Å². The van der Waals surface area contributed by atoms with E-state index >= 15 is 0 Å². The molecular formula is C21H27N5O3S. The van der Waals surface area contributed by atoms with Crippen LogP contribution >= 0.6 is 12.2 Å². The number of esters is 1. The van der Waals surface area contributed by atoms with Crippen molar-refractivity contribution in [3.05, 3.63) is 39.4 Å². The Balaban J connectivity index is 1.67. The summed E-state index contributed by atoms with van der Waals surface area (Å²) in [6, 6.07) is 7.52. The zero-order valence-electron chi connectivity index (χ0n) is 17.4. The highest BCUT2D eigenvalue weighted by atomic mass is 32.1. The summed E-state index contributed by atoms with van der Waals surface area (Å²) >= 11 is 5.76. The molecule has 1 aliphatic heterocycles. The standard InChI is InChI=1S/C21H27N5O3S/c1-3-11-24-18(27)16-7-5-6-8-17(16)26-20(24)22-25(21(26)30)14-23-12-9-15(10-13-23)19(28)29-4-2/h5-8,15H,3-4,9-14H2,1-2H3. The number of carbonyl (C=O) groups is 1. The highest BCUT2D eigenvalue weighted by Gasteiger charge is 2.26. The number of hydrogen-bond donors (Lipinski definition) is 0. The lowest BCUT2D eigenvalue weighted by Gasteiger charge is -2.30. The van der Waals surface area contributed by atoms with Gasteiger partial charge in [0, 0.05) is 19.6 Å². The average Bonchev–Trinajstić information content (AvgIpc) is 3.08. The first-order chi connectivity index (χ1) is 14.5. The zero-order chi connectivity index (χ0) is 21.3. The second-order valence-electron chi connectivity index (χ2n) is 7.68. The summed E-state index contributed by atoms with van der Waals surface area (Å²) < 4.78 is 11.1. The van der Waals surface area contributed by atoms with Crippen LogP contribution in [-0.4, -0.2) is 49.3 Å². The van der Waals surface area contributed by atoms with Gasteiger partial charge in [-0.25, -0.2) is 4.68 Å². The Morgan fingerprint density at radius 1 is 1.23 bits per heavy atom. The van der Waals surface area contributed by atoms with Crippen LogP contribution in [-0.2, 0) is 22.7 Å². The first-order valence-corrected chi connectivity index (χ1v) is 11.0. The molecule has 0 atom stereocenters. The lowest BCUT2D eigenvalue weighted by molar-refractivity contribution is -0.149. The molecule has 9 heteroatoms. The Labute approximate surface area is 179 Å². The molecule has 8 nitrogen and oxygen atoms in total. The normalized spacial score (nSPS) is 15.8. The van der Waals surface area contributed by atoms with Crippen molar-refractivity contribution in [1.29, 1.82) is 0 Å². The molecule has 4 rings (SSSR count). The van der Waals surface area contributed by atoms with Gasteiger partial charge >= 0.3 is 5.97 Å². The van der Waals surface area contributed by atoms with Crippen molar-refractivity contribution in [2.45, 2.75) is 46.3 Å². The third kappa shape index (κ3) is 3.67. The minimum atomic E-state index is -0.100. The van der Waals surface area contributed by atoms with Crippen molar-refractivity contribution >= 4 is 34.9 Å². The van der Waals surface area contributed by atoms with Crippen molar-refractivity contribution in [1.82, 2.24) is 23.6 Å². The van der Waals surface area contributed by atoms with Gasteiger partial charge in [-0.05, 0) is 50.5 Å². The van der Waals surface area contributed by atoms with E-state index in [1.165, 1.54) is 0 Å². The van der Waals surface area contributed by atoms with Crippen molar-refractivity contribution in [3.8, 4) is 0 Å². The molecule has 0 bridgehead atoms. The van der Waals surface area contributed by atoms with E-state index in [4.69, 9.17) is 22.1 Å². The summed E-state index contributed by atoms with van der Waals surface area (Å²) in [6.07, 6.45) is 2.36. The van der Waals surface area contributed by atoms with Crippen molar-refractivity contribution in [2.24, 2.45) is 5.92 Å². The molecule has 1 aliphatic rings. The molecule has 0 spiro atoms. The second-order valence-corrected chi connectivity index (χ2v) is 8.04. The van der Waals surface area contributed by atoms with Gasteiger partial charge < -0.3 is 4.74 Å². The maximum Gasteiger partial charge on any atom is 0.309 e. The van der Waals surface area contributed by atoms with Gasteiger partial charge in [-0.3, -0.25) is 23.5 Å². The Morgan fingerprint density at radius 3 is 2.67 bits per heavy atom. The molecule has 160 valence electrons. The highest BCUT2D eigenvalue weighted by Crippen LogP contribution is 2.20. The van der Waals surface area contributed by atoms with E-state index in [1.807, 2.05) is 42.5 Å². The molecule has 0 saturated carbocycles. The third-order valence-corrected chi connectivity index (χ3v) is 6.07. The van der Waals surface area contributed by atoms with Crippen LogP contribution in [0.3, 0.4) is 0 Å². The molecule has 0 unspecified atom stereocenters. The fourth-order valence-corrected chi connectivity index (χ4v) is 4.42. The van der Waals surface area contributed by atoms with E-state index in [9.17, 15) is 9.59 Å². The van der Waals surface area contributed by atoms with E-state index in [-0.39, 0.29) is 17.4 Å². The summed E-state index contributed by atoms with van der Waals surface area (Å²) in [5, 5.41) is 5.37. The minimum Gasteiger partial charge on any atom is -0.466 e. The fourth-order valence-electron chi connectivity index (χ4n) is 4.14. The number of para-hydroxylation sites is 1. The topological polar surface area (TPSA) is 73.8 Å². The number of carbonyl (C=O) groups excluding carboxylic acids is 1. The van der Waals surface area contributed by atoms with Crippen molar-refractivity contribution in [2.75, 3.05) is 19.7 Å². The Hall–Kier alpha value is -2.52. The molecule has 30 heavy (non-hydrogen) atoms. The van der Waals surface area contributed by atoms with Crippen LogP contribution in [0.5, 0.6) is 0 Å². The molecule has 0 N–H and O–H groups in total. The highest BCUT2D eigenvalue weighted by molar-refractivity contribution is 7.71. The molecule has 0 aliphatic carbocycles. The molecule has 1 fully saturated rings. The van der Waals surface area contributed by atoms with Gasteiger partial charge in [0.25, 0.3) is 5.56 Å². The third-order valence-electron chi connectivity index (χ3n) is 5.67. The fraction of sp³-hybridized carbons (Fsp3) is 0.524. The lowest BCUT2D eigenvalue weighted by atomic mass is 9.97. The summed E-state index contributed by atoms with van der Waals surface area (Å²) in [5.41, 5.74) is 0.740. The summed E-state index contributed by atoms with van der Waals surface area (Å²) in [5.74, 6) is 0.442. The van der Waals surface area contributed by atoms with Crippen LogP contribution in [0.4, 0.5) is 0 Å². The number of rotatable bonds is 6. The van der Waals surface area contributed by atoms with E-state index in [1.54, 1.807) is 9.25 Å².